The number of nitrogens with zero attached hydrogens (tertiary/aromatic N) is 2. The SMILES string of the molecule is COc1cc2[nH]ccc(=O)c2nc1C#N. The molecule has 0 aliphatic carbocycles. The summed E-state index contributed by atoms with van der Waals surface area (Å²) >= 11 is 0. The number of hydrogen-bond acceptors (Lipinski definition) is 4. The number of nitriles is 1. The van der Waals surface area contributed by atoms with Crippen molar-refractivity contribution in [1.82, 2.24) is 9.97 Å². The molecule has 5 nitrogen and oxygen atoms in total. The van der Waals surface area contributed by atoms with E-state index in [2.05, 4.69) is 9.97 Å². The average molecular weight is 201 g/mol. The number of pyridine rings is 2. The number of nitrogens with one attached hydrogen (secondary N) is 1. The first-order chi connectivity index (χ1) is 7.26. The molecular formula is C10H7N3O2. The first-order valence-electron chi connectivity index (χ1n) is 4.23. The van der Waals surface area contributed by atoms with Gasteiger partial charge in [-0.2, -0.15) is 5.26 Å². The monoisotopic (exact) mass is 201 g/mol. The van der Waals surface area contributed by atoms with Gasteiger partial charge in [-0.05, 0) is 0 Å². The summed E-state index contributed by atoms with van der Waals surface area (Å²) < 4.78 is 4.98. The van der Waals surface area contributed by atoms with Crippen LogP contribution in [-0.2, 0) is 0 Å². The molecule has 2 rings (SSSR count). The molecule has 15 heavy (non-hydrogen) atoms. The van der Waals surface area contributed by atoms with Gasteiger partial charge < -0.3 is 9.72 Å². The van der Waals surface area contributed by atoms with E-state index in [9.17, 15) is 4.79 Å². The van der Waals surface area contributed by atoms with Gasteiger partial charge in [0.15, 0.2) is 11.4 Å². The predicted octanol–water partition coefficient (Wildman–Crippen LogP) is 0.803. The number of rotatable bonds is 1. The van der Waals surface area contributed by atoms with Crippen molar-refractivity contribution in [2.75, 3.05) is 7.11 Å². The third-order valence-corrected chi connectivity index (χ3v) is 2.02. The molecule has 0 fully saturated rings. The zero-order chi connectivity index (χ0) is 10.8. The first kappa shape index (κ1) is 9.21. The molecule has 0 unspecified atom stereocenters. The second kappa shape index (κ2) is 3.42. The van der Waals surface area contributed by atoms with E-state index in [-0.39, 0.29) is 16.6 Å². The van der Waals surface area contributed by atoms with Crippen LogP contribution in [0.5, 0.6) is 5.75 Å². The van der Waals surface area contributed by atoms with Gasteiger partial charge in [-0.25, -0.2) is 4.98 Å². The molecule has 0 spiro atoms. The molecule has 0 saturated carbocycles. The lowest BCUT2D eigenvalue weighted by Crippen LogP contribution is -2.04. The van der Waals surface area contributed by atoms with Gasteiger partial charge in [0, 0.05) is 18.3 Å². The zero-order valence-electron chi connectivity index (χ0n) is 7.94. The number of aromatic amines is 1. The first-order valence-corrected chi connectivity index (χ1v) is 4.23. The van der Waals surface area contributed by atoms with Crippen LogP contribution in [0, 0.1) is 11.3 Å². The Labute approximate surface area is 84.9 Å². The van der Waals surface area contributed by atoms with Gasteiger partial charge >= 0.3 is 0 Å². The Hall–Kier alpha value is -2.35. The number of aromatic nitrogens is 2. The van der Waals surface area contributed by atoms with Crippen LogP contribution in [0.25, 0.3) is 11.0 Å². The summed E-state index contributed by atoms with van der Waals surface area (Å²) in [7, 11) is 1.45. The van der Waals surface area contributed by atoms with E-state index in [1.807, 2.05) is 6.07 Å². The standard InChI is InChI=1S/C10H7N3O2/c1-15-9-4-6-10(13-7(9)5-11)8(14)2-3-12-6/h2-4H,1H3,(H,12,14). The number of hydrogen-bond donors (Lipinski definition) is 1. The van der Waals surface area contributed by atoms with Crippen LogP contribution >= 0.6 is 0 Å². The van der Waals surface area contributed by atoms with E-state index in [4.69, 9.17) is 10.00 Å². The van der Waals surface area contributed by atoms with Crippen LogP contribution in [0.4, 0.5) is 0 Å². The second-order valence-corrected chi connectivity index (χ2v) is 2.89. The molecule has 0 atom stereocenters. The minimum atomic E-state index is -0.220. The quantitative estimate of drug-likeness (QED) is 0.740. The van der Waals surface area contributed by atoms with Gasteiger partial charge in [0.2, 0.25) is 5.43 Å². The van der Waals surface area contributed by atoms with Crippen molar-refractivity contribution in [2.24, 2.45) is 0 Å². The van der Waals surface area contributed by atoms with Crippen molar-refractivity contribution in [3.63, 3.8) is 0 Å². The summed E-state index contributed by atoms with van der Waals surface area (Å²) in [6.07, 6.45) is 1.53. The predicted molar refractivity (Wildman–Crippen MR) is 53.6 cm³/mol. The van der Waals surface area contributed by atoms with Crippen LogP contribution in [-0.4, -0.2) is 17.1 Å². The van der Waals surface area contributed by atoms with Crippen molar-refractivity contribution in [3.05, 3.63) is 34.2 Å². The smallest absolute Gasteiger partial charge is 0.207 e. The Balaban J connectivity index is 2.89. The van der Waals surface area contributed by atoms with Crippen LogP contribution < -0.4 is 10.2 Å². The Morgan fingerprint density at radius 1 is 1.60 bits per heavy atom. The molecule has 5 heteroatoms. The minimum Gasteiger partial charge on any atom is -0.494 e. The van der Waals surface area contributed by atoms with Gasteiger partial charge in [0.1, 0.15) is 11.6 Å². The van der Waals surface area contributed by atoms with Gasteiger partial charge in [-0.15, -0.1) is 0 Å². The maximum atomic E-state index is 11.4. The molecule has 0 aliphatic rings. The van der Waals surface area contributed by atoms with Crippen LogP contribution in [0.3, 0.4) is 0 Å². The molecule has 0 radical (unpaired) electrons. The van der Waals surface area contributed by atoms with Gasteiger partial charge in [-0.3, -0.25) is 4.79 Å². The fourth-order valence-corrected chi connectivity index (χ4v) is 1.31. The fourth-order valence-electron chi connectivity index (χ4n) is 1.31. The molecule has 0 amide bonds. The topological polar surface area (TPSA) is 78.8 Å². The maximum Gasteiger partial charge on any atom is 0.207 e. The highest BCUT2D eigenvalue weighted by molar-refractivity contribution is 5.76. The van der Waals surface area contributed by atoms with Crippen molar-refractivity contribution in [2.45, 2.75) is 0 Å². The van der Waals surface area contributed by atoms with Crippen molar-refractivity contribution >= 4 is 11.0 Å². The fraction of sp³-hybridized carbons (Fsp3) is 0.100. The van der Waals surface area contributed by atoms with Crippen molar-refractivity contribution < 1.29 is 4.74 Å². The number of methoxy groups -OCH3 is 1. The van der Waals surface area contributed by atoms with Crippen LogP contribution in [0.2, 0.25) is 0 Å². The molecular weight excluding hydrogens is 194 g/mol. The lowest BCUT2D eigenvalue weighted by molar-refractivity contribution is 0.412. The lowest BCUT2D eigenvalue weighted by Gasteiger charge is -2.03. The Kier molecular flexibility index (Phi) is 2.10. The normalized spacial score (nSPS) is 9.87. The zero-order valence-corrected chi connectivity index (χ0v) is 7.94. The molecule has 0 aliphatic heterocycles. The number of H-pyrrole nitrogens is 1. The summed E-state index contributed by atoms with van der Waals surface area (Å²) in [6.45, 7) is 0. The summed E-state index contributed by atoms with van der Waals surface area (Å²) in [5, 5.41) is 8.80. The van der Waals surface area contributed by atoms with Crippen LogP contribution in [0.15, 0.2) is 23.1 Å². The molecule has 2 aromatic heterocycles. The highest BCUT2D eigenvalue weighted by Crippen LogP contribution is 2.18. The molecule has 0 bridgehead atoms. The lowest BCUT2D eigenvalue weighted by atomic mass is 10.2. The molecule has 0 saturated heterocycles. The molecule has 0 aromatic carbocycles. The second-order valence-electron chi connectivity index (χ2n) is 2.89. The van der Waals surface area contributed by atoms with E-state index < -0.39 is 0 Å². The minimum absolute atomic E-state index is 0.113. The highest BCUT2D eigenvalue weighted by Gasteiger charge is 2.08. The molecule has 74 valence electrons. The van der Waals surface area contributed by atoms with E-state index >= 15 is 0 Å². The summed E-state index contributed by atoms with van der Waals surface area (Å²) in [4.78, 5) is 18.2. The van der Waals surface area contributed by atoms with E-state index in [0.717, 1.165) is 0 Å². The van der Waals surface area contributed by atoms with E-state index in [0.29, 0.717) is 11.3 Å². The summed E-state index contributed by atoms with van der Waals surface area (Å²) in [6, 6.07) is 4.83. The van der Waals surface area contributed by atoms with Gasteiger partial charge in [-0.1, -0.05) is 0 Å². The van der Waals surface area contributed by atoms with E-state index in [1.165, 1.54) is 19.4 Å². The molecule has 2 aromatic rings. The Bertz CT molecular complexity index is 610. The molecule has 1 N–H and O–H groups in total. The largest absolute Gasteiger partial charge is 0.494 e. The van der Waals surface area contributed by atoms with Crippen molar-refractivity contribution in [3.8, 4) is 11.8 Å². The Morgan fingerprint density at radius 3 is 3.07 bits per heavy atom. The number of ether oxygens (including phenoxy) is 1. The van der Waals surface area contributed by atoms with Gasteiger partial charge in [0.05, 0.1) is 12.6 Å². The van der Waals surface area contributed by atoms with E-state index in [1.54, 1.807) is 6.07 Å². The summed E-state index contributed by atoms with van der Waals surface area (Å²) in [5.74, 6) is 0.354. The van der Waals surface area contributed by atoms with Gasteiger partial charge in [0.25, 0.3) is 0 Å². The van der Waals surface area contributed by atoms with Crippen molar-refractivity contribution in [1.29, 1.82) is 5.26 Å². The maximum absolute atomic E-state index is 11.4. The summed E-state index contributed by atoms with van der Waals surface area (Å²) in [5.41, 5.74) is 0.692. The molecule has 2 heterocycles. The third kappa shape index (κ3) is 1.42. The Morgan fingerprint density at radius 2 is 2.40 bits per heavy atom. The highest BCUT2D eigenvalue weighted by atomic mass is 16.5. The number of fused-ring (bicyclic) bond motifs is 1. The van der Waals surface area contributed by atoms with Crippen LogP contribution in [0.1, 0.15) is 5.69 Å². The third-order valence-electron chi connectivity index (χ3n) is 2.02. The average Bonchev–Trinajstić information content (AvgIpc) is 2.28.